The van der Waals surface area contributed by atoms with Crippen LogP contribution in [-0.4, -0.2) is 29.6 Å². The Morgan fingerprint density at radius 1 is 1.41 bits per heavy atom. The van der Waals surface area contributed by atoms with E-state index in [1.807, 2.05) is 6.07 Å². The molecule has 0 radical (unpaired) electrons. The Hall–Kier alpha value is -3.97. The predicted octanol–water partition coefficient (Wildman–Crippen LogP) is 2.58. The second kappa shape index (κ2) is 7.57. The first-order chi connectivity index (χ1) is 13.8. The normalized spacial score (nSPS) is 10.9. The van der Waals surface area contributed by atoms with Crippen LogP contribution in [0.4, 0.5) is 5.69 Å². The first kappa shape index (κ1) is 19.8. The molecule has 0 saturated heterocycles. The van der Waals surface area contributed by atoms with Crippen LogP contribution in [0.25, 0.3) is 11.1 Å². The lowest BCUT2D eigenvalue weighted by molar-refractivity contribution is -0.111. The highest BCUT2D eigenvalue weighted by molar-refractivity contribution is 7.91. The summed E-state index contributed by atoms with van der Waals surface area (Å²) in [5.74, 6) is -1.01. The van der Waals surface area contributed by atoms with Crippen molar-refractivity contribution in [2.24, 2.45) is 0 Å². The number of hydrogen-bond donors (Lipinski definition) is 2. The summed E-state index contributed by atoms with van der Waals surface area (Å²) in [5.41, 5.74) is -0.518. The Morgan fingerprint density at radius 3 is 2.72 bits per heavy atom. The first-order valence-electron chi connectivity index (χ1n) is 8.11. The largest absolute Gasteiger partial charge is 0.505 e. The average molecular weight is 410 g/mol. The number of aromatic hydroxyl groups is 1. The van der Waals surface area contributed by atoms with Crippen LogP contribution in [0.3, 0.4) is 0 Å². The fraction of sp³-hybridized carbons (Fsp3) is 0.0526. The van der Waals surface area contributed by atoms with E-state index < -0.39 is 26.4 Å². The zero-order chi connectivity index (χ0) is 21.2. The minimum Gasteiger partial charge on any atom is -0.505 e. The van der Waals surface area contributed by atoms with E-state index in [4.69, 9.17) is 4.52 Å². The van der Waals surface area contributed by atoms with Crippen molar-refractivity contribution >= 4 is 21.4 Å². The van der Waals surface area contributed by atoms with E-state index in [0.717, 1.165) is 18.3 Å². The summed E-state index contributed by atoms with van der Waals surface area (Å²) in [5, 5.41) is 26.5. The summed E-state index contributed by atoms with van der Waals surface area (Å²) in [6, 6.07) is 5.64. The van der Waals surface area contributed by atoms with Crippen molar-refractivity contribution in [1.82, 2.24) is 10.1 Å². The molecule has 0 bridgehead atoms. The standard InChI is InChI=1S/C19H14N4O5S/c1-3-16(24)23-15-7-12(8-20)19(29(26,27)13-5-4-6-21-9-13)17(18(15)25)14-10-22-28-11(14)2/h3-7,9-10,25H,1H2,2H3,(H,23,24). The van der Waals surface area contributed by atoms with Crippen molar-refractivity contribution in [3.8, 4) is 22.9 Å². The van der Waals surface area contributed by atoms with E-state index in [1.165, 1.54) is 31.5 Å². The Labute approximate surface area is 165 Å². The second-order valence-corrected chi connectivity index (χ2v) is 7.70. The smallest absolute Gasteiger partial charge is 0.247 e. The molecule has 0 aliphatic carbocycles. The molecular formula is C19H14N4O5S. The van der Waals surface area contributed by atoms with Crippen LogP contribution in [0, 0.1) is 18.3 Å². The van der Waals surface area contributed by atoms with Crippen molar-refractivity contribution in [2.45, 2.75) is 16.7 Å². The molecule has 0 aliphatic rings. The number of nitrogens with one attached hydrogen (secondary N) is 1. The fourth-order valence-electron chi connectivity index (χ4n) is 2.71. The number of nitriles is 1. The SMILES string of the molecule is C=CC(=O)Nc1cc(C#N)c(S(=O)(=O)c2cccnc2)c(-c2cnoc2C)c1O. The van der Waals surface area contributed by atoms with Crippen LogP contribution in [0.5, 0.6) is 5.75 Å². The zero-order valence-electron chi connectivity index (χ0n) is 15.1. The number of carbonyl (C=O) groups is 1. The van der Waals surface area contributed by atoms with Crippen molar-refractivity contribution in [3.05, 3.63) is 60.8 Å². The third-order valence-electron chi connectivity index (χ3n) is 4.05. The van der Waals surface area contributed by atoms with Crippen LogP contribution in [0.2, 0.25) is 0 Å². The van der Waals surface area contributed by atoms with Crippen molar-refractivity contribution < 1.29 is 22.8 Å². The highest BCUT2D eigenvalue weighted by atomic mass is 32.2. The van der Waals surface area contributed by atoms with E-state index in [9.17, 15) is 23.6 Å². The molecular weight excluding hydrogens is 396 g/mol. The van der Waals surface area contributed by atoms with Crippen molar-refractivity contribution in [3.63, 3.8) is 0 Å². The zero-order valence-corrected chi connectivity index (χ0v) is 15.9. The number of aryl methyl sites for hydroxylation is 1. The van der Waals surface area contributed by atoms with Gasteiger partial charge in [-0.25, -0.2) is 8.42 Å². The number of nitrogens with zero attached hydrogens (tertiary/aromatic N) is 3. The number of sulfone groups is 1. The van der Waals surface area contributed by atoms with Gasteiger partial charge >= 0.3 is 0 Å². The van der Waals surface area contributed by atoms with Gasteiger partial charge in [0.25, 0.3) is 0 Å². The van der Waals surface area contributed by atoms with Crippen molar-refractivity contribution in [2.75, 3.05) is 5.32 Å². The lowest BCUT2D eigenvalue weighted by atomic mass is 10.0. The number of phenolic OH excluding ortho intramolecular Hbond substituents is 1. The predicted molar refractivity (Wildman–Crippen MR) is 102 cm³/mol. The molecule has 1 amide bonds. The maximum atomic E-state index is 13.3. The van der Waals surface area contributed by atoms with E-state index in [2.05, 4.69) is 22.0 Å². The van der Waals surface area contributed by atoms with Gasteiger partial charge in [0.1, 0.15) is 22.5 Å². The molecule has 0 saturated carbocycles. The van der Waals surface area contributed by atoms with Gasteiger partial charge in [-0.15, -0.1) is 0 Å². The monoisotopic (exact) mass is 410 g/mol. The Balaban J connectivity index is 2.44. The molecule has 2 N–H and O–H groups in total. The quantitative estimate of drug-likeness (QED) is 0.482. The molecule has 10 heteroatoms. The van der Waals surface area contributed by atoms with Gasteiger partial charge in [0.05, 0.1) is 27.9 Å². The average Bonchev–Trinajstić information content (AvgIpc) is 3.14. The molecule has 0 atom stereocenters. The third-order valence-corrected chi connectivity index (χ3v) is 5.87. The number of benzene rings is 1. The van der Waals surface area contributed by atoms with Gasteiger partial charge in [-0.2, -0.15) is 5.26 Å². The molecule has 0 spiro atoms. The summed E-state index contributed by atoms with van der Waals surface area (Å²) >= 11 is 0. The van der Waals surface area contributed by atoms with E-state index >= 15 is 0 Å². The summed E-state index contributed by atoms with van der Waals surface area (Å²) in [6.07, 6.45) is 4.72. The van der Waals surface area contributed by atoms with Gasteiger partial charge in [0.15, 0.2) is 0 Å². The maximum absolute atomic E-state index is 13.3. The Morgan fingerprint density at radius 2 is 2.17 bits per heavy atom. The second-order valence-electron chi connectivity index (χ2n) is 5.82. The number of aromatic nitrogens is 2. The summed E-state index contributed by atoms with van der Waals surface area (Å²) < 4.78 is 31.7. The van der Waals surface area contributed by atoms with E-state index in [-0.39, 0.29) is 33.0 Å². The number of amides is 1. The maximum Gasteiger partial charge on any atom is 0.247 e. The minimum atomic E-state index is -4.28. The summed E-state index contributed by atoms with van der Waals surface area (Å²) in [6.45, 7) is 4.84. The Kier molecular flexibility index (Phi) is 5.16. The molecule has 3 rings (SSSR count). The van der Waals surface area contributed by atoms with Gasteiger partial charge in [-0.1, -0.05) is 11.7 Å². The summed E-state index contributed by atoms with van der Waals surface area (Å²) in [7, 11) is -4.28. The van der Waals surface area contributed by atoms with Crippen LogP contribution >= 0.6 is 0 Å². The molecule has 0 unspecified atom stereocenters. The molecule has 9 nitrogen and oxygen atoms in total. The Bertz CT molecular complexity index is 1260. The van der Waals surface area contributed by atoms with Gasteiger partial charge in [-0.3, -0.25) is 9.78 Å². The van der Waals surface area contributed by atoms with Gasteiger partial charge in [0.2, 0.25) is 15.7 Å². The number of hydrogen-bond acceptors (Lipinski definition) is 8. The number of anilines is 1. The molecule has 1 aromatic carbocycles. The lowest BCUT2D eigenvalue weighted by Crippen LogP contribution is -2.12. The molecule has 0 fully saturated rings. The highest BCUT2D eigenvalue weighted by Gasteiger charge is 2.32. The minimum absolute atomic E-state index is 0.149. The van der Waals surface area contributed by atoms with Gasteiger partial charge in [0, 0.05) is 18.0 Å². The highest BCUT2D eigenvalue weighted by Crippen LogP contribution is 2.45. The number of pyridine rings is 1. The number of carbonyl (C=O) groups excluding carboxylic acids is 1. The molecule has 29 heavy (non-hydrogen) atoms. The third kappa shape index (κ3) is 3.46. The summed E-state index contributed by atoms with van der Waals surface area (Å²) in [4.78, 5) is 14.9. The molecule has 0 aliphatic heterocycles. The number of phenols is 1. The van der Waals surface area contributed by atoms with Crippen LogP contribution in [0.1, 0.15) is 11.3 Å². The van der Waals surface area contributed by atoms with Crippen LogP contribution < -0.4 is 5.32 Å². The van der Waals surface area contributed by atoms with E-state index in [0.29, 0.717) is 0 Å². The molecule has 146 valence electrons. The molecule has 2 heterocycles. The topological polar surface area (TPSA) is 146 Å². The van der Waals surface area contributed by atoms with Crippen LogP contribution in [-0.2, 0) is 14.6 Å². The van der Waals surface area contributed by atoms with E-state index in [1.54, 1.807) is 0 Å². The molecule has 3 aromatic rings. The lowest BCUT2D eigenvalue weighted by Gasteiger charge is -2.16. The molecule has 2 aromatic heterocycles. The number of rotatable bonds is 5. The fourth-order valence-corrected chi connectivity index (χ4v) is 4.27. The van der Waals surface area contributed by atoms with Crippen molar-refractivity contribution in [1.29, 1.82) is 5.26 Å². The first-order valence-corrected chi connectivity index (χ1v) is 9.59. The van der Waals surface area contributed by atoms with Crippen LogP contribution in [0.15, 0.2) is 63.8 Å². The van der Waals surface area contributed by atoms with Gasteiger partial charge < -0.3 is 14.9 Å². The van der Waals surface area contributed by atoms with Gasteiger partial charge in [-0.05, 0) is 31.2 Å².